The zero-order valence-corrected chi connectivity index (χ0v) is 23.3. The number of likely N-dealkylation sites (tertiary alicyclic amines) is 1. The van der Waals surface area contributed by atoms with Crippen LogP contribution in [-0.2, 0) is 4.79 Å². The highest BCUT2D eigenvalue weighted by Crippen LogP contribution is 2.43. The first-order valence-electron chi connectivity index (χ1n) is 13.4. The monoisotopic (exact) mass is 521 g/mol. The van der Waals surface area contributed by atoms with Crippen LogP contribution in [0.15, 0.2) is 24.4 Å². The summed E-state index contributed by atoms with van der Waals surface area (Å²) >= 11 is 0. The van der Waals surface area contributed by atoms with Gasteiger partial charge >= 0.3 is 0 Å². The van der Waals surface area contributed by atoms with E-state index in [-0.39, 0.29) is 17.9 Å². The molecule has 0 radical (unpaired) electrons. The number of amides is 2. The lowest BCUT2D eigenvalue weighted by atomic mass is 9.91. The summed E-state index contributed by atoms with van der Waals surface area (Å²) < 4.78 is 5.70. The molecule has 2 fully saturated rings. The minimum absolute atomic E-state index is 0.0578. The predicted molar refractivity (Wildman–Crippen MR) is 149 cm³/mol. The number of carbonyl (C=O) groups is 2. The van der Waals surface area contributed by atoms with Crippen molar-refractivity contribution in [1.82, 2.24) is 20.2 Å². The molecule has 5 rings (SSSR count). The molecule has 3 heterocycles. The summed E-state index contributed by atoms with van der Waals surface area (Å²) in [5.74, 6) is 1.80. The molecule has 38 heavy (non-hydrogen) atoms. The Labute approximate surface area is 225 Å². The number of benzene rings is 1. The van der Waals surface area contributed by atoms with Gasteiger partial charge in [-0.25, -0.2) is 4.98 Å². The Kier molecular flexibility index (Phi) is 6.94. The topological polar surface area (TPSA) is 94.1 Å². The quantitative estimate of drug-likeness (QED) is 0.620. The summed E-state index contributed by atoms with van der Waals surface area (Å²) in [7, 11) is 7.38. The largest absolute Gasteiger partial charge is 0.495 e. The average molecular weight is 522 g/mol. The van der Waals surface area contributed by atoms with Gasteiger partial charge in [-0.05, 0) is 77.9 Å². The van der Waals surface area contributed by atoms with E-state index in [4.69, 9.17) is 9.72 Å². The van der Waals surface area contributed by atoms with E-state index in [2.05, 4.69) is 27.1 Å². The molecule has 3 aliphatic rings. The number of nitrogens with one attached hydrogen (secondary N) is 1. The highest BCUT2D eigenvalue weighted by atomic mass is 16.5. The van der Waals surface area contributed by atoms with Crippen molar-refractivity contribution in [2.24, 2.45) is 5.41 Å². The molecule has 1 saturated carbocycles. The number of anilines is 4. The van der Waals surface area contributed by atoms with Gasteiger partial charge in [-0.2, -0.15) is 4.98 Å². The van der Waals surface area contributed by atoms with Crippen LogP contribution in [-0.4, -0.2) is 86.7 Å². The number of aromatic nitrogens is 2. The van der Waals surface area contributed by atoms with E-state index in [0.29, 0.717) is 29.8 Å². The third kappa shape index (κ3) is 5.01. The predicted octanol–water partition coefficient (Wildman–Crippen LogP) is 3.05. The second-order valence-corrected chi connectivity index (χ2v) is 11.5. The van der Waals surface area contributed by atoms with Crippen molar-refractivity contribution in [3.05, 3.63) is 30.0 Å². The van der Waals surface area contributed by atoms with Crippen LogP contribution in [0.5, 0.6) is 5.75 Å². The first kappa shape index (κ1) is 26.2. The summed E-state index contributed by atoms with van der Waals surface area (Å²) in [5.41, 5.74) is 1.50. The van der Waals surface area contributed by atoms with Crippen LogP contribution >= 0.6 is 0 Å². The Hall–Kier alpha value is -3.40. The van der Waals surface area contributed by atoms with Gasteiger partial charge in [-0.15, -0.1) is 0 Å². The fourth-order valence-corrected chi connectivity index (χ4v) is 5.41. The van der Waals surface area contributed by atoms with Gasteiger partial charge in [0.15, 0.2) is 5.82 Å². The summed E-state index contributed by atoms with van der Waals surface area (Å²) in [6.07, 6.45) is 5.82. The van der Waals surface area contributed by atoms with Crippen LogP contribution in [0.2, 0.25) is 0 Å². The molecule has 0 atom stereocenters. The fourth-order valence-electron chi connectivity index (χ4n) is 5.41. The molecular formula is C28H39N7O3. The molecule has 204 valence electrons. The van der Waals surface area contributed by atoms with E-state index < -0.39 is 5.41 Å². The normalized spacial score (nSPS) is 20.1. The molecule has 1 saturated heterocycles. The molecule has 2 amide bonds. The summed E-state index contributed by atoms with van der Waals surface area (Å²) in [5, 5.41) is 3.17. The highest BCUT2D eigenvalue weighted by Gasteiger charge is 2.43. The van der Waals surface area contributed by atoms with E-state index in [1.165, 1.54) is 0 Å². The Morgan fingerprint density at radius 1 is 1.16 bits per heavy atom. The second-order valence-electron chi connectivity index (χ2n) is 11.5. The van der Waals surface area contributed by atoms with Crippen LogP contribution in [0.3, 0.4) is 0 Å². The third-order valence-electron chi connectivity index (χ3n) is 7.96. The molecule has 0 unspecified atom stereocenters. The molecule has 10 nitrogen and oxygen atoms in total. The average Bonchev–Trinajstić information content (AvgIpc) is 3.76. The Morgan fingerprint density at radius 3 is 2.53 bits per heavy atom. The zero-order chi connectivity index (χ0) is 27.2. The zero-order valence-electron chi connectivity index (χ0n) is 23.3. The molecule has 1 N–H and O–H groups in total. The molecule has 1 aliphatic carbocycles. The number of methoxy groups -OCH3 is 1. The van der Waals surface area contributed by atoms with Gasteiger partial charge in [0, 0.05) is 38.3 Å². The van der Waals surface area contributed by atoms with Crippen molar-refractivity contribution in [3.63, 3.8) is 0 Å². The van der Waals surface area contributed by atoms with Crippen LogP contribution in [0.1, 0.15) is 49.9 Å². The molecule has 1 aromatic heterocycles. The van der Waals surface area contributed by atoms with Gasteiger partial charge in [0.25, 0.3) is 5.91 Å². The number of piperidine rings is 1. The van der Waals surface area contributed by atoms with E-state index in [9.17, 15) is 9.59 Å². The lowest BCUT2D eigenvalue weighted by Crippen LogP contribution is -2.43. The maximum Gasteiger partial charge on any atom is 0.251 e. The number of rotatable bonds is 6. The lowest BCUT2D eigenvalue weighted by molar-refractivity contribution is -0.125. The molecule has 2 aliphatic heterocycles. The van der Waals surface area contributed by atoms with Gasteiger partial charge in [-0.1, -0.05) is 0 Å². The van der Waals surface area contributed by atoms with Gasteiger partial charge in [0.2, 0.25) is 11.9 Å². The standard InChI is InChI=1S/C28H39N7O3/c1-28(2)17-35(20-8-9-20)24-22(33(4)26(28)37)16-29-27(31-24)34(5)21-10-7-18(15-23(21)38-6)25(36)30-19-11-13-32(3)14-12-19/h7,10,15-16,19-20H,8-9,11-14,17H2,1-6H3,(H,30,36). The summed E-state index contributed by atoms with van der Waals surface area (Å²) in [6, 6.07) is 6.02. The highest BCUT2D eigenvalue weighted by molar-refractivity contribution is 6.01. The number of hydrogen-bond donors (Lipinski definition) is 1. The molecule has 0 spiro atoms. The van der Waals surface area contributed by atoms with Gasteiger partial charge < -0.3 is 29.7 Å². The van der Waals surface area contributed by atoms with E-state index >= 15 is 0 Å². The second kappa shape index (κ2) is 10.1. The smallest absolute Gasteiger partial charge is 0.251 e. The van der Waals surface area contributed by atoms with Crippen molar-refractivity contribution in [3.8, 4) is 5.75 Å². The fraction of sp³-hybridized carbons (Fsp3) is 0.571. The molecule has 10 heteroatoms. The van der Waals surface area contributed by atoms with Crippen LogP contribution in [0.25, 0.3) is 0 Å². The minimum Gasteiger partial charge on any atom is -0.495 e. The molecule has 1 aromatic carbocycles. The maximum absolute atomic E-state index is 13.2. The number of hydrogen-bond acceptors (Lipinski definition) is 8. The van der Waals surface area contributed by atoms with Crippen molar-refractivity contribution in [1.29, 1.82) is 0 Å². The first-order valence-corrected chi connectivity index (χ1v) is 13.4. The van der Waals surface area contributed by atoms with Gasteiger partial charge in [0.1, 0.15) is 11.4 Å². The van der Waals surface area contributed by atoms with Crippen LogP contribution < -0.4 is 24.8 Å². The van der Waals surface area contributed by atoms with Crippen LogP contribution in [0, 0.1) is 5.41 Å². The Balaban J connectivity index is 1.41. The van der Waals surface area contributed by atoms with Crippen molar-refractivity contribution < 1.29 is 14.3 Å². The number of carbonyl (C=O) groups excluding carboxylic acids is 2. The van der Waals surface area contributed by atoms with Crippen molar-refractivity contribution >= 4 is 35.0 Å². The summed E-state index contributed by atoms with van der Waals surface area (Å²) in [4.78, 5) is 43.8. The van der Waals surface area contributed by atoms with E-state index in [1.54, 1.807) is 31.3 Å². The Morgan fingerprint density at radius 2 is 1.87 bits per heavy atom. The lowest BCUT2D eigenvalue weighted by Gasteiger charge is -2.30. The molecule has 2 aromatic rings. The number of nitrogens with zero attached hydrogens (tertiary/aromatic N) is 6. The summed E-state index contributed by atoms with van der Waals surface area (Å²) in [6.45, 7) is 6.56. The van der Waals surface area contributed by atoms with Crippen molar-refractivity contribution in [2.45, 2.75) is 51.6 Å². The molecular weight excluding hydrogens is 482 g/mol. The van der Waals surface area contributed by atoms with Crippen molar-refractivity contribution in [2.75, 3.05) is 62.6 Å². The van der Waals surface area contributed by atoms with E-state index in [0.717, 1.165) is 56.0 Å². The minimum atomic E-state index is -0.530. The molecule has 0 bridgehead atoms. The maximum atomic E-state index is 13.2. The van der Waals surface area contributed by atoms with Gasteiger partial charge in [-0.3, -0.25) is 9.59 Å². The third-order valence-corrected chi connectivity index (χ3v) is 7.96. The SMILES string of the molecule is COc1cc(C(=O)NC2CCN(C)CC2)ccc1N(C)c1ncc2c(n1)N(C1CC1)CC(C)(C)C(=O)N2C. The Bertz CT molecular complexity index is 1220. The first-order chi connectivity index (χ1) is 18.1. The van der Waals surface area contributed by atoms with Crippen LogP contribution in [0.4, 0.5) is 23.1 Å². The van der Waals surface area contributed by atoms with Gasteiger partial charge in [0.05, 0.1) is 24.4 Å². The van der Waals surface area contributed by atoms with E-state index in [1.807, 2.05) is 37.9 Å². The number of fused-ring (bicyclic) bond motifs is 1. The number of ether oxygens (including phenoxy) is 1.